The van der Waals surface area contributed by atoms with E-state index in [0.717, 1.165) is 30.6 Å². The van der Waals surface area contributed by atoms with Crippen LogP contribution < -0.4 is 10.9 Å². The van der Waals surface area contributed by atoms with Crippen LogP contribution >= 0.6 is 0 Å². The molecule has 0 radical (unpaired) electrons. The highest BCUT2D eigenvalue weighted by Crippen LogP contribution is 2.09. The number of nitrogens with one attached hydrogen (secondary N) is 2. The van der Waals surface area contributed by atoms with Gasteiger partial charge in [-0.25, -0.2) is 9.78 Å². The molecule has 98 valence electrons. The molecule has 0 spiro atoms. The van der Waals surface area contributed by atoms with Gasteiger partial charge in [0.1, 0.15) is 5.65 Å². The van der Waals surface area contributed by atoms with E-state index in [4.69, 9.17) is 0 Å². The number of rotatable bonds is 2. The lowest BCUT2D eigenvalue weighted by atomic mass is 10.2. The molecule has 0 unspecified atom stereocenters. The molecule has 2 N–H and O–H groups in total. The number of likely N-dealkylation sites (tertiary alicyclic amines) is 1. The Bertz CT molecular complexity index is 676. The zero-order chi connectivity index (χ0) is 13.2. The third-order valence-electron chi connectivity index (χ3n) is 3.20. The first kappa shape index (κ1) is 11.7. The largest absolute Gasteiger partial charge is 0.332 e. The first-order chi connectivity index (χ1) is 9.22. The zero-order valence-electron chi connectivity index (χ0n) is 10.3. The maximum Gasteiger partial charge on any atom is 0.317 e. The van der Waals surface area contributed by atoms with Crippen LogP contribution in [-0.2, 0) is 6.54 Å². The molecule has 3 heterocycles. The van der Waals surface area contributed by atoms with Crippen molar-refractivity contribution in [1.29, 1.82) is 0 Å². The Balaban J connectivity index is 1.73. The van der Waals surface area contributed by atoms with Crippen molar-refractivity contribution in [2.75, 3.05) is 13.1 Å². The number of hydrogen-bond donors (Lipinski definition) is 2. The van der Waals surface area contributed by atoms with E-state index < -0.39 is 0 Å². The Morgan fingerprint density at radius 3 is 2.84 bits per heavy atom. The summed E-state index contributed by atoms with van der Waals surface area (Å²) in [5.74, 6) is 0. The SMILES string of the molecule is O=C(NCc1ccc2ccc(=O)[nH]c2n1)N1CCC1. The van der Waals surface area contributed by atoms with Crippen LogP contribution in [0.2, 0.25) is 0 Å². The average molecular weight is 258 g/mol. The number of fused-ring (bicyclic) bond motifs is 1. The monoisotopic (exact) mass is 258 g/mol. The molecule has 1 aliphatic heterocycles. The minimum absolute atomic E-state index is 0.0605. The number of amides is 2. The number of urea groups is 1. The Hall–Kier alpha value is -2.37. The summed E-state index contributed by atoms with van der Waals surface area (Å²) < 4.78 is 0. The van der Waals surface area contributed by atoms with Crippen molar-refractivity contribution in [2.45, 2.75) is 13.0 Å². The number of pyridine rings is 2. The van der Waals surface area contributed by atoms with E-state index in [1.807, 2.05) is 12.1 Å². The first-order valence-corrected chi connectivity index (χ1v) is 6.24. The molecule has 19 heavy (non-hydrogen) atoms. The molecule has 2 aromatic rings. The van der Waals surface area contributed by atoms with Gasteiger partial charge in [0.25, 0.3) is 0 Å². The molecule has 6 heteroatoms. The van der Waals surface area contributed by atoms with Crippen LogP contribution in [0.15, 0.2) is 29.1 Å². The number of H-pyrrole nitrogens is 1. The second-order valence-electron chi connectivity index (χ2n) is 4.56. The summed E-state index contributed by atoms with van der Waals surface area (Å²) >= 11 is 0. The van der Waals surface area contributed by atoms with Gasteiger partial charge in [-0.15, -0.1) is 0 Å². The maximum atomic E-state index is 11.6. The van der Waals surface area contributed by atoms with Gasteiger partial charge in [0.15, 0.2) is 0 Å². The van der Waals surface area contributed by atoms with Crippen LogP contribution in [0.25, 0.3) is 11.0 Å². The molecule has 0 bridgehead atoms. The van der Waals surface area contributed by atoms with E-state index in [1.165, 1.54) is 6.07 Å². The average Bonchev–Trinajstić information content (AvgIpc) is 2.33. The first-order valence-electron chi connectivity index (χ1n) is 6.24. The summed E-state index contributed by atoms with van der Waals surface area (Å²) in [7, 11) is 0. The molecular formula is C13H14N4O2. The van der Waals surface area contributed by atoms with Gasteiger partial charge in [0.2, 0.25) is 5.56 Å². The van der Waals surface area contributed by atoms with Crippen molar-refractivity contribution in [3.05, 3.63) is 40.3 Å². The lowest BCUT2D eigenvalue weighted by Crippen LogP contribution is -2.47. The van der Waals surface area contributed by atoms with Crippen molar-refractivity contribution < 1.29 is 4.79 Å². The van der Waals surface area contributed by atoms with Gasteiger partial charge < -0.3 is 15.2 Å². The molecule has 0 aromatic carbocycles. The van der Waals surface area contributed by atoms with Gasteiger partial charge in [-0.1, -0.05) is 0 Å². The summed E-state index contributed by atoms with van der Waals surface area (Å²) in [6, 6.07) is 6.86. The Morgan fingerprint density at radius 2 is 2.11 bits per heavy atom. The van der Waals surface area contributed by atoms with Crippen molar-refractivity contribution in [3.8, 4) is 0 Å². The molecule has 1 fully saturated rings. The number of carbonyl (C=O) groups is 1. The van der Waals surface area contributed by atoms with Crippen molar-refractivity contribution in [1.82, 2.24) is 20.2 Å². The Labute approximate surface area is 109 Å². The molecule has 1 saturated heterocycles. The number of carbonyl (C=O) groups excluding carboxylic acids is 1. The van der Waals surface area contributed by atoms with Gasteiger partial charge >= 0.3 is 6.03 Å². The lowest BCUT2D eigenvalue weighted by Gasteiger charge is -2.30. The fourth-order valence-corrected chi connectivity index (χ4v) is 1.96. The van der Waals surface area contributed by atoms with Crippen LogP contribution in [-0.4, -0.2) is 34.0 Å². The van der Waals surface area contributed by atoms with E-state index in [0.29, 0.717) is 12.2 Å². The summed E-state index contributed by atoms with van der Waals surface area (Å²) in [5.41, 5.74) is 1.09. The molecule has 2 amide bonds. The normalized spacial score (nSPS) is 14.2. The van der Waals surface area contributed by atoms with Crippen molar-refractivity contribution in [3.63, 3.8) is 0 Å². The summed E-state index contributed by atoms with van der Waals surface area (Å²) in [6.45, 7) is 2.01. The molecular weight excluding hydrogens is 244 g/mol. The predicted octanol–water partition coefficient (Wildman–Crippen LogP) is 0.838. The zero-order valence-corrected chi connectivity index (χ0v) is 10.3. The summed E-state index contributed by atoms with van der Waals surface area (Å²) in [5, 5.41) is 3.69. The third-order valence-corrected chi connectivity index (χ3v) is 3.20. The second-order valence-corrected chi connectivity index (χ2v) is 4.56. The van der Waals surface area contributed by atoms with Gasteiger partial charge in [0.05, 0.1) is 12.2 Å². The Kier molecular flexibility index (Phi) is 2.91. The second kappa shape index (κ2) is 4.72. The molecule has 0 saturated carbocycles. The fourth-order valence-electron chi connectivity index (χ4n) is 1.96. The molecule has 1 aliphatic rings. The lowest BCUT2D eigenvalue weighted by molar-refractivity contribution is 0.167. The van der Waals surface area contributed by atoms with Gasteiger partial charge in [-0.2, -0.15) is 0 Å². The smallest absolute Gasteiger partial charge is 0.317 e. The minimum atomic E-state index is -0.179. The van der Waals surface area contributed by atoms with E-state index in [1.54, 1.807) is 11.0 Å². The van der Waals surface area contributed by atoms with Crippen LogP contribution in [0, 0.1) is 0 Å². The van der Waals surface area contributed by atoms with E-state index in [9.17, 15) is 9.59 Å². The quantitative estimate of drug-likeness (QED) is 0.837. The number of aromatic nitrogens is 2. The van der Waals surface area contributed by atoms with E-state index >= 15 is 0 Å². The molecule has 2 aromatic heterocycles. The number of aromatic amines is 1. The van der Waals surface area contributed by atoms with Crippen molar-refractivity contribution >= 4 is 17.1 Å². The number of hydrogen-bond acceptors (Lipinski definition) is 3. The Morgan fingerprint density at radius 1 is 1.32 bits per heavy atom. The predicted molar refractivity (Wildman–Crippen MR) is 70.8 cm³/mol. The maximum absolute atomic E-state index is 11.6. The highest BCUT2D eigenvalue weighted by Gasteiger charge is 2.19. The van der Waals surface area contributed by atoms with Crippen LogP contribution in [0.4, 0.5) is 4.79 Å². The van der Waals surface area contributed by atoms with E-state index in [-0.39, 0.29) is 11.6 Å². The van der Waals surface area contributed by atoms with Gasteiger partial charge in [0, 0.05) is 24.5 Å². The molecule has 6 nitrogen and oxygen atoms in total. The van der Waals surface area contributed by atoms with Crippen molar-refractivity contribution in [2.24, 2.45) is 0 Å². The van der Waals surface area contributed by atoms with Gasteiger partial charge in [-0.3, -0.25) is 4.79 Å². The fraction of sp³-hybridized carbons (Fsp3) is 0.308. The standard InChI is InChI=1S/C13H14N4O2/c18-11-5-3-9-2-4-10(15-12(9)16-11)8-14-13(19)17-6-1-7-17/h2-5H,1,6-8H2,(H,14,19)(H,15,16,18). The highest BCUT2D eigenvalue weighted by atomic mass is 16.2. The van der Waals surface area contributed by atoms with Crippen LogP contribution in [0.1, 0.15) is 12.1 Å². The summed E-state index contributed by atoms with van der Waals surface area (Å²) in [6.07, 6.45) is 1.07. The van der Waals surface area contributed by atoms with Crippen LogP contribution in [0.5, 0.6) is 0 Å². The third kappa shape index (κ3) is 2.42. The highest BCUT2D eigenvalue weighted by molar-refractivity contribution is 5.76. The van der Waals surface area contributed by atoms with Crippen LogP contribution in [0.3, 0.4) is 0 Å². The molecule has 0 aliphatic carbocycles. The molecule has 0 atom stereocenters. The molecule has 3 rings (SSSR count). The number of nitrogens with zero attached hydrogens (tertiary/aromatic N) is 2. The topological polar surface area (TPSA) is 78.1 Å². The summed E-state index contributed by atoms with van der Waals surface area (Å²) in [4.78, 5) is 31.6. The minimum Gasteiger partial charge on any atom is -0.332 e. The van der Waals surface area contributed by atoms with Gasteiger partial charge in [-0.05, 0) is 24.6 Å². The van der Waals surface area contributed by atoms with E-state index in [2.05, 4.69) is 15.3 Å².